The molecule has 0 spiro atoms. The van der Waals surface area contributed by atoms with Crippen LogP contribution in [0.5, 0.6) is 0 Å². The molecule has 0 bridgehead atoms. The molecule has 3 rings (SSSR count). The highest BCUT2D eigenvalue weighted by molar-refractivity contribution is 5.81. The fraction of sp³-hybridized carbons (Fsp3) is 0.950. The van der Waals surface area contributed by atoms with Crippen LogP contribution in [-0.4, -0.2) is 97.0 Å². The van der Waals surface area contributed by atoms with Crippen LogP contribution in [0.3, 0.4) is 0 Å². The Kier molecular flexibility index (Phi) is 6.75. The summed E-state index contributed by atoms with van der Waals surface area (Å²) in [5, 5.41) is 0. The van der Waals surface area contributed by atoms with E-state index in [1.807, 2.05) is 0 Å². The van der Waals surface area contributed by atoms with Gasteiger partial charge in [-0.05, 0) is 52.1 Å². The molecular formula is C20H38N4O. The molecule has 3 saturated heterocycles. The number of piperidine rings is 1. The van der Waals surface area contributed by atoms with Gasteiger partial charge >= 0.3 is 0 Å². The summed E-state index contributed by atoms with van der Waals surface area (Å²) < 4.78 is 0. The van der Waals surface area contributed by atoms with Gasteiger partial charge in [-0.1, -0.05) is 13.3 Å². The monoisotopic (exact) mass is 350 g/mol. The predicted octanol–water partition coefficient (Wildman–Crippen LogP) is 1.74. The molecule has 5 nitrogen and oxygen atoms in total. The van der Waals surface area contributed by atoms with E-state index in [1.165, 1.54) is 58.3 Å². The first kappa shape index (κ1) is 19.1. The molecule has 3 aliphatic rings. The number of piperazine rings is 1. The third-order valence-electron chi connectivity index (χ3n) is 6.73. The summed E-state index contributed by atoms with van der Waals surface area (Å²) >= 11 is 0. The smallest absolute Gasteiger partial charge is 0.239 e. The number of amides is 1. The van der Waals surface area contributed by atoms with E-state index >= 15 is 0 Å². The first-order valence-electron chi connectivity index (χ1n) is 10.5. The highest BCUT2D eigenvalue weighted by Gasteiger charge is 2.32. The van der Waals surface area contributed by atoms with Crippen molar-refractivity contribution in [1.29, 1.82) is 0 Å². The molecule has 144 valence electrons. The summed E-state index contributed by atoms with van der Waals surface area (Å²) in [6, 6.07) is 0.675. The Labute approximate surface area is 154 Å². The fourth-order valence-electron chi connectivity index (χ4n) is 4.63. The topological polar surface area (TPSA) is 30.0 Å². The third kappa shape index (κ3) is 4.95. The van der Waals surface area contributed by atoms with Crippen molar-refractivity contribution in [3.8, 4) is 0 Å². The van der Waals surface area contributed by atoms with Crippen LogP contribution in [0.2, 0.25) is 0 Å². The van der Waals surface area contributed by atoms with Crippen molar-refractivity contribution in [2.24, 2.45) is 5.92 Å². The summed E-state index contributed by atoms with van der Waals surface area (Å²) in [7, 11) is 2.22. The summed E-state index contributed by atoms with van der Waals surface area (Å²) in [4.78, 5) is 22.7. The summed E-state index contributed by atoms with van der Waals surface area (Å²) in [5.74, 6) is 1.14. The van der Waals surface area contributed by atoms with E-state index in [-0.39, 0.29) is 6.04 Å². The molecule has 0 aromatic carbocycles. The van der Waals surface area contributed by atoms with Crippen molar-refractivity contribution < 1.29 is 4.79 Å². The number of hydrogen-bond acceptors (Lipinski definition) is 4. The maximum Gasteiger partial charge on any atom is 0.239 e. The van der Waals surface area contributed by atoms with Crippen LogP contribution in [0.1, 0.15) is 46.0 Å². The van der Waals surface area contributed by atoms with Gasteiger partial charge in [0.05, 0.1) is 6.04 Å². The van der Waals surface area contributed by atoms with Gasteiger partial charge in [-0.25, -0.2) is 0 Å². The second-order valence-corrected chi connectivity index (χ2v) is 8.67. The highest BCUT2D eigenvalue weighted by Crippen LogP contribution is 2.22. The Morgan fingerprint density at radius 1 is 0.920 bits per heavy atom. The van der Waals surface area contributed by atoms with Crippen LogP contribution in [0.25, 0.3) is 0 Å². The molecule has 0 saturated carbocycles. The van der Waals surface area contributed by atoms with Gasteiger partial charge in [0.1, 0.15) is 0 Å². The van der Waals surface area contributed by atoms with Gasteiger partial charge in [0.2, 0.25) is 5.91 Å². The van der Waals surface area contributed by atoms with Crippen molar-refractivity contribution in [2.75, 3.05) is 59.4 Å². The van der Waals surface area contributed by atoms with Crippen molar-refractivity contribution >= 4 is 5.91 Å². The average Bonchev–Trinajstić information content (AvgIpc) is 2.88. The lowest BCUT2D eigenvalue weighted by Crippen LogP contribution is -2.55. The SMILES string of the molecule is CC1CCN(C(=O)[C@@H](C)N2CCCC[C@H](N3CCN(C)CC3)C2)CC1. The lowest BCUT2D eigenvalue weighted by molar-refractivity contribution is -0.138. The quantitative estimate of drug-likeness (QED) is 0.776. The van der Waals surface area contributed by atoms with Gasteiger partial charge < -0.3 is 9.80 Å². The molecular weight excluding hydrogens is 312 g/mol. The van der Waals surface area contributed by atoms with Gasteiger partial charge in [0.25, 0.3) is 0 Å². The fourth-order valence-corrected chi connectivity index (χ4v) is 4.63. The van der Waals surface area contributed by atoms with E-state index in [9.17, 15) is 4.79 Å². The van der Waals surface area contributed by atoms with Crippen LogP contribution >= 0.6 is 0 Å². The molecule has 5 heteroatoms. The second kappa shape index (κ2) is 8.83. The summed E-state index contributed by atoms with van der Waals surface area (Å²) in [6.45, 7) is 13.2. The Hall–Kier alpha value is -0.650. The third-order valence-corrected chi connectivity index (χ3v) is 6.73. The van der Waals surface area contributed by atoms with Crippen LogP contribution in [-0.2, 0) is 4.79 Å². The van der Waals surface area contributed by atoms with E-state index in [0.29, 0.717) is 11.9 Å². The predicted molar refractivity (Wildman–Crippen MR) is 103 cm³/mol. The number of likely N-dealkylation sites (N-methyl/N-ethyl adjacent to an activating group) is 1. The van der Waals surface area contributed by atoms with E-state index in [4.69, 9.17) is 0 Å². The first-order chi connectivity index (χ1) is 12.0. The van der Waals surface area contributed by atoms with Crippen molar-refractivity contribution in [1.82, 2.24) is 19.6 Å². The van der Waals surface area contributed by atoms with Gasteiger partial charge in [-0.3, -0.25) is 14.6 Å². The van der Waals surface area contributed by atoms with Crippen molar-refractivity contribution in [3.63, 3.8) is 0 Å². The standard InChI is InChI=1S/C20H38N4O/c1-17-7-10-23(11-8-17)20(25)18(2)24-9-5-4-6-19(16-24)22-14-12-21(3)13-15-22/h17-19H,4-16H2,1-3H3/t18-,19+/m1/s1. The molecule has 0 N–H and O–H groups in total. The number of likely N-dealkylation sites (tertiary alicyclic amines) is 2. The molecule has 1 amide bonds. The normalized spacial score (nSPS) is 30.2. The first-order valence-corrected chi connectivity index (χ1v) is 10.5. The molecule has 0 unspecified atom stereocenters. The molecule has 2 atom stereocenters. The van der Waals surface area contributed by atoms with E-state index in [1.54, 1.807) is 0 Å². The largest absolute Gasteiger partial charge is 0.341 e. The number of carbonyl (C=O) groups excluding carboxylic acids is 1. The molecule has 3 fully saturated rings. The van der Waals surface area contributed by atoms with Crippen LogP contribution in [0.4, 0.5) is 0 Å². The molecule has 3 aliphatic heterocycles. The van der Waals surface area contributed by atoms with Crippen LogP contribution < -0.4 is 0 Å². The number of rotatable bonds is 3. The summed E-state index contributed by atoms with van der Waals surface area (Å²) in [6.07, 6.45) is 6.17. The van der Waals surface area contributed by atoms with Gasteiger partial charge in [0, 0.05) is 51.9 Å². The zero-order chi connectivity index (χ0) is 17.8. The Morgan fingerprint density at radius 3 is 2.28 bits per heavy atom. The minimum Gasteiger partial charge on any atom is -0.341 e. The van der Waals surface area contributed by atoms with Gasteiger partial charge in [-0.15, -0.1) is 0 Å². The molecule has 25 heavy (non-hydrogen) atoms. The van der Waals surface area contributed by atoms with Gasteiger partial charge in [-0.2, -0.15) is 0 Å². The minimum absolute atomic E-state index is 0.0430. The summed E-state index contributed by atoms with van der Waals surface area (Å²) in [5.41, 5.74) is 0. The van der Waals surface area contributed by atoms with Crippen LogP contribution in [0.15, 0.2) is 0 Å². The number of carbonyl (C=O) groups is 1. The lowest BCUT2D eigenvalue weighted by Gasteiger charge is -2.41. The Bertz CT molecular complexity index is 427. The zero-order valence-electron chi connectivity index (χ0n) is 16.6. The highest BCUT2D eigenvalue weighted by atomic mass is 16.2. The molecule has 0 aromatic heterocycles. The van der Waals surface area contributed by atoms with Crippen molar-refractivity contribution in [2.45, 2.75) is 58.0 Å². The lowest BCUT2D eigenvalue weighted by atomic mass is 9.98. The Balaban J connectivity index is 1.57. The molecule has 0 radical (unpaired) electrons. The van der Waals surface area contributed by atoms with Gasteiger partial charge in [0.15, 0.2) is 0 Å². The maximum atomic E-state index is 13.0. The zero-order valence-corrected chi connectivity index (χ0v) is 16.6. The number of hydrogen-bond donors (Lipinski definition) is 0. The van der Waals surface area contributed by atoms with E-state index in [0.717, 1.165) is 32.1 Å². The Morgan fingerprint density at radius 2 is 1.60 bits per heavy atom. The molecule has 3 heterocycles. The van der Waals surface area contributed by atoms with Crippen molar-refractivity contribution in [3.05, 3.63) is 0 Å². The average molecular weight is 351 g/mol. The van der Waals surface area contributed by atoms with Crippen LogP contribution in [0, 0.1) is 5.92 Å². The molecule has 0 aromatic rings. The molecule has 0 aliphatic carbocycles. The van der Waals surface area contributed by atoms with E-state index in [2.05, 4.69) is 40.5 Å². The second-order valence-electron chi connectivity index (χ2n) is 8.67. The van der Waals surface area contributed by atoms with E-state index < -0.39 is 0 Å². The number of nitrogens with zero attached hydrogens (tertiary/aromatic N) is 4. The minimum atomic E-state index is 0.0430. The maximum absolute atomic E-state index is 13.0.